The minimum atomic E-state index is 0.0131. The number of rotatable bonds is 9. The van der Waals surface area contributed by atoms with Gasteiger partial charge in [0.1, 0.15) is 5.01 Å². The van der Waals surface area contributed by atoms with Crippen LogP contribution in [0.1, 0.15) is 36.7 Å². The van der Waals surface area contributed by atoms with Crippen LogP contribution in [0.3, 0.4) is 0 Å². The zero-order chi connectivity index (χ0) is 20.6. The number of amides is 1. The Balaban J connectivity index is 1.62. The Morgan fingerprint density at radius 2 is 1.86 bits per heavy atom. The fraction of sp³-hybridized carbons (Fsp3) is 0.333. The molecule has 152 valence electrons. The van der Waals surface area contributed by atoms with Crippen LogP contribution < -0.4 is 5.32 Å². The van der Waals surface area contributed by atoms with Gasteiger partial charge in [-0.3, -0.25) is 9.69 Å². The molecule has 1 unspecified atom stereocenters. The van der Waals surface area contributed by atoms with Crippen LogP contribution >= 0.6 is 11.3 Å². The standard InChI is InChI=1S/C24H29N3OS/c1-4-27(5-2)22(19-11-7-6-8-12-19)16-25-23(28)15-21-17-29-24(26-21)20-13-9-10-18(3)14-20/h6-14,17,22H,4-5,15-16H2,1-3H3,(H,25,28). The Labute approximate surface area is 177 Å². The number of hydrogen-bond donors (Lipinski definition) is 1. The van der Waals surface area contributed by atoms with Crippen LogP contribution in [0.5, 0.6) is 0 Å². The second kappa shape index (κ2) is 10.3. The number of nitrogens with one attached hydrogen (secondary N) is 1. The van der Waals surface area contributed by atoms with Crippen LogP contribution in [0.2, 0.25) is 0 Å². The quantitative estimate of drug-likeness (QED) is 0.551. The average Bonchev–Trinajstić information content (AvgIpc) is 3.20. The maximum absolute atomic E-state index is 12.6. The van der Waals surface area contributed by atoms with Crippen molar-refractivity contribution < 1.29 is 4.79 Å². The predicted octanol–water partition coefficient (Wildman–Crippen LogP) is 4.86. The minimum absolute atomic E-state index is 0.0131. The van der Waals surface area contributed by atoms with E-state index in [0.717, 1.165) is 29.4 Å². The van der Waals surface area contributed by atoms with Gasteiger partial charge in [0.15, 0.2) is 0 Å². The molecular weight excluding hydrogens is 378 g/mol. The van der Waals surface area contributed by atoms with Crippen LogP contribution in [-0.4, -0.2) is 35.4 Å². The predicted molar refractivity (Wildman–Crippen MR) is 121 cm³/mol. The first-order valence-corrected chi connectivity index (χ1v) is 11.1. The first-order chi connectivity index (χ1) is 14.1. The molecule has 1 N–H and O–H groups in total. The number of carbonyl (C=O) groups excluding carboxylic acids is 1. The fourth-order valence-corrected chi connectivity index (χ4v) is 4.35. The molecule has 2 aromatic carbocycles. The topological polar surface area (TPSA) is 45.2 Å². The lowest BCUT2D eigenvalue weighted by molar-refractivity contribution is -0.120. The molecule has 0 aliphatic carbocycles. The van der Waals surface area contributed by atoms with Gasteiger partial charge in [-0.25, -0.2) is 4.98 Å². The third-order valence-corrected chi connectivity index (χ3v) is 6.03. The van der Waals surface area contributed by atoms with Crippen molar-refractivity contribution in [3.63, 3.8) is 0 Å². The van der Waals surface area contributed by atoms with Crippen molar-refractivity contribution in [2.45, 2.75) is 33.2 Å². The zero-order valence-corrected chi connectivity index (χ0v) is 18.2. The summed E-state index contributed by atoms with van der Waals surface area (Å²) in [4.78, 5) is 19.6. The van der Waals surface area contributed by atoms with E-state index in [1.807, 2.05) is 17.5 Å². The molecular formula is C24H29N3OS. The van der Waals surface area contributed by atoms with Crippen molar-refractivity contribution >= 4 is 17.2 Å². The molecule has 1 atom stereocenters. The molecule has 0 radical (unpaired) electrons. The smallest absolute Gasteiger partial charge is 0.226 e. The van der Waals surface area contributed by atoms with E-state index in [9.17, 15) is 4.79 Å². The molecule has 0 bridgehead atoms. The van der Waals surface area contributed by atoms with E-state index in [1.165, 1.54) is 11.1 Å². The molecule has 0 saturated heterocycles. The highest BCUT2D eigenvalue weighted by molar-refractivity contribution is 7.13. The normalized spacial score (nSPS) is 12.1. The number of hydrogen-bond acceptors (Lipinski definition) is 4. The summed E-state index contributed by atoms with van der Waals surface area (Å²) in [6.07, 6.45) is 0.308. The molecule has 5 heteroatoms. The molecule has 0 fully saturated rings. The monoisotopic (exact) mass is 407 g/mol. The first-order valence-electron chi connectivity index (χ1n) is 10.2. The first kappa shape index (κ1) is 21.2. The van der Waals surface area contributed by atoms with Crippen molar-refractivity contribution in [1.82, 2.24) is 15.2 Å². The number of likely N-dealkylation sites (N-methyl/N-ethyl adjacent to an activating group) is 1. The van der Waals surface area contributed by atoms with Crippen molar-refractivity contribution in [1.29, 1.82) is 0 Å². The molecule has 0 aliphatic heterocycles. The van der Waals surface area contributed by atoms with Gasteiger partial charge in [0.2, 0.25) is 5.91 Å². The van der Waals surface area contributed by atoms with Gasteiger partial charge in [0, 0.05) is 17.5 Å². The summed E-state index contributed by atoms with van der Waals surface area (Å²) < 4.78 is 0. The second-order valence-electron chi connectivity index (χ2n) is 7.14. The third-order valence-electron chi connectivity index (χ3n) is 5.09. The summed E-state index contributed by atoms with van der Waals surface area (Å²) in [7, 11) is 0. The Morgan fingerprint density at radius 1 is 1.10 bits per heavy atom. The highest BCUT2D eigenvalue weighted by Gasteiger charge is 2.19. The van der Waals surface area contributed by atoms with E-state index < -0.39 is 0 Å². The highest BCUT2D eigenvalue weighted by atomic mass is 32.1. The van der Waals surface area contributed by atoms with Crippen LogP contribution in [0.15, 0.2) is 60.0 Å². The zero-order valence-electron chi connectivity index (χ0n) is 17.4. The largest absolute Gasteiger partial charge is 0.354 e. The molecule has 1 aromatic heterocycles. The maximum atomic E-state index is 12.6. The van der Waals surface area contributed by atoms with Gasteiger partial charge in [0.25, 0.3) is 0 Å². The van der Waals surface area contributed by atoms with E-state index in [0.29, 0.717) is 13.0 Å². The van der Waals surface area contributed by atoms with Crippen LogP contribution in [0.4, 0.5) is 0 Å². The van der Waals surface area contributed by atoms with Gasteiger partial charge in [-0.1, -0.05) is 67.9 Å². The van der Waals surface area contributed by atoms with Gasteiger partial charge in [-0.05, 0) is 31.6 Å². The van der Waals surface area contributed by atoms with E-state index >= 15 is 0 Å². The fourth-order valence-electron chi connectivity index (χ4n) is 3.53. The molecule has 3 rings (SSSR count). The molecule has 0 aliphatic rings. The highest BCUT2D eigenvalue weighted by Crippen LogP contribution is 2.25. The van der Waals surface area contributed by atoms with E-state index in [-0.39, 0.29) is 11.9 Å². The molecule has 1 amide bonds. The Kier molecular flexibility index (Phi) is 7.55. The average molecular weight is 408 g/mol. The molecule has 0 saturated carbocycles. The van der Waals surface area contributed by atoms with Gasteiger partial charge < -0.3 is 5.32 Å². The van der Waals surface area contributed by atoms with Gasteiger partial charge in [0.05, 0.1) is 18.2 Å². The summed E-state index contributed by atoms with van der Waals surface area (Å²) in [5, 5.41) is 6.06. The van der Waals surface area contributed by atoms with Crippen molar-refractivity contribution in [3.8, 4) is 10.6 Å². The van der Waals surface area contributed by atoms with Gasteiger partial charge in [-0.2, -0.15) is 0 Å². The lowest BCUT2D eigenvalue weighted by Gasteiger charge is -2.30. The Bertz CT molecular complexity index is 919. The number of aryl methyl sites for hydroxylation is 1. The lowest BCUT2D eigenvalue weighted by atomic mass is 10.0. The van der Waals surface area contributed by atoms with Crippen molar-refractivity contribution in [2.24, 2.45) is 0 Å². The number of nitrogens with zero attached hydrogens (tertiary/aromatic N) is 2. The summed E-state index contributed by atoms with van der Waals surface area (Å²) in [5.41, 5.74) is 4.36. The summed E-state index contributed by atoms with van der Waals surface area (Å²) in [6, 6.07) is 18.9. The molecule has 1 heterocycles. The van der Waals surface area contributed by atoms with Crippen LogP contribution in [0, 0.1) is 6.92 Å². The number of aromatic nitrogens is 1. The maximum Gasteiger partial charge on any atom is 0.226 e. The van der Waals surface area contributed by atoms with Gasteiger partial charge in [-0.15, -0.1) is 11.3 Å². The third kappa shape index (κ3) is 5.75. The molecule has 29 heavy (non-hydrogen) atoms. The van der Waals surface area contributed by atoms with Crippen LogP contribution in [0.25, 0.3) is 10.6 Å². The number of benzene rings is 2. The SMILES string of the molecule is CCN(CC)C(CNC(=O)Cc1csc(-c2cccc(C)c2)n1)c1ccccc1. The van der Waals surface area contributed by atoms with Crippen molar-refractivity contribution in [3.05, 3.63) is 76.8 Å². The second-order valence-corrected chi connectivity index (χ2v) is 8.00. The summed E-state index contributed by atoms with van der Waals surface area (Å²) >= 11 is 1.59. The van der Waals surface area contributed by atoms with E-state index in [1.54, 1.807) is 11.3 Å². The Morgan fingerprint density at radius 3 is 2.55 bits per heavy atom. The number of carbonyl (C=O) groups is 1. The van der Waals surface area contributed by atoms with E-state index in [4.69, 9.17) is 0 Å². The Hall–Kier alpha value is -2.50. The van der Waals surface area contributed by atoms with Crippen LogP contribution in [-0.2, 0) is 11.2 Å². The number of thiazole rings is 1. The molecule has 4 nitrogen and oxygen atoms in total. The molecule has 0 spiro atoms. The molecule has 3 aromatic rings. The summed E-state index contributed by atoms with van der Waals surface area (Å²) in [5.74, 6) is 0.0131. The minimum Gasteiger partial charge on any atom is -0.354 e. The van der Waals surface area contributed by atoms with Crippen molar-refractivity contribution in [2.75, 3.05) is 19.6 Å². The van der Waals surface area contributed by atoms with Gasteiger partial charge >= 0.3 is 0 Å². The van der Waals surface area contributed by atoms with E-state index in [2.05, 4.69) is 78.4 Å². The summed E-state index contributed by atoms with van der Waals surface area (Å²) in [6.45, 7) is 8.87. The lowest BCUT2D eigenvalue weighted by Crippen LogP contribution is -2.38.